The van der Waals surface area contributed by atoms with Crippen molar-refractivity contribution in [2.75, 3.05) is 14.2 Å². The molecule has 0 spiro atoms. The first-order chi connectivity index (χ1) is 13.9. The molecule has 1 N–H and O–H groups in total. The van der Waals surface area contributed by atoms with Gasteiger partial charge in [-0.2, -0.15) is 0 Å². The summed E-state index contributed by atoms with van der Waals surface area (Å²) in [4.78, 5) is 17.6. The van der Waals surface area contributed by atoms with Crippen molar-refractivity contribution in [3.63, 3.8) is 0 Å². The smallest absolute Gasteiger partial charge is 0.167 e. The molecule has 0 saturated carbocycles. The van der Waals surface area contributed by atoms with Crippen LogP contribution in [0.15, 0.2) is 47.3 Å². The van der Waals surface area contributed by atoms with E-state index < -0.39 is 0 Å². The Kier molecular flexibility index (Phi) is 6.28. The number of aliphatic hydroxyl groups is 1. The standard InChI is InChI=1S/C23H24ClNO4/c1-13-10-17(15-8-6-5-7-9-15)21(24)23(28-3)19(13)20-18(26)12-16(22(20)27)11-14(2)25-29-4/h5-10,16,27H,11-12H2,1-4H3. The van der Waals surface area contributed by atoms with Crippen LogP contribution in [-0.2, 0) is 9.63 Å². The van der Waals surface area contributed by atoms with E-state index in [1.54, 1.807) is 6.92 Å². The average molecular weight is 414 g/mol. The van der Waals surface area contributed by atoms with Crippen molar-refractivity contribution in [2.45, 2.75) is 26.7 Å². The van der Waals surface area contributed by atoms with Crippen LogP contribution < -0.4 is 4.74 Å². The van der Waals surface area contributed by atoms with Crippen LogP contribution in [0.2, 0.25) is 5.02 Å². The number of ether oxygens (including phenoxy) is 1. The van der Waals surface area contributed by atoms with Gasteiger partial charge < -0.3 is 14.7 Å². The number of oxime groups is 1. The topological polar surface area (TPSA) is 68.1 Å². The van der Waals surface area contributed by atoms with E-state index in [0.717, 1.165) is 16.7 Å². The van der Waals surface area contributed by atoms with Crippen molar-refractivity contribution >= 4 is 28.7 Å². The molecule has 152 valence electrons. The number of hydrogen-bond acceptors (Lipinski definition) is 5. The number of nitrogens with zero attached hydrogens (tertiary/aromatic N) is 1. The Morgan fingerprint density at radius 1 is 1.28 bits per heavy atom. The molecule has 0 aliphatic heterocycles. The van der Waals surface area contributed by atoms with Gasteiger partial charge in [0.2, 0.25) is 0 Å². The molecule has 5 nitrogen and oxygen atoms in total. The lowest BCUT2D eigenvalue weighted by Gasteiger charge is -2.18. The molecule has 1 aliphatic carbocycles. The number of carbonyl (C=O) groups is 1. The normalized spacial score (nSPS) is 17.1. The highest BCUT2D eigenvalue weighted by molar-refractivity contribution is 6.36. The summed E-state index contributed by atoms with van der Waals surface area (Å²) in [6, 6.07) is 11.7. The van der Waals surface area contributed by atoms with Crippen LogP contribution in [0.1, 0.15) is 30.9 Å². The van der Waals surface area contributed by atoms with Gasteiger partial charge in [-0.3, -0.25) is 4.79 Å². The zero-order valence-electron chi connectivity index (χ0n) is 17.0. The second kappa shape index (κ2) is 8.70. The third kappa shape index (κ3) is 4.01. The van der Waals surface area contributed by atoms with Crippen molar-refractivity contribution in [1.29, 1.82) is 0 Å². The lowest BCUT2D eigenvalue weighted by atomic mass is 9.93. The Balaban J connectivity index is 2.13. The largest absolute Gasteiger partial charge is 0.511 e. The third-order valence-corrected chi connectivity index (χ3v) is 5.47. The summed E-state index contributed by atoms with van der Waals surface area (Å²) in [5, 5.41) is 15.2. The van der Waals surface area contributed by atoms with E-state index in [1.165, 1.54) is 14.2 Å². The van der Waals surface area contributed by atoms with E-state index in [2.05, 4.69) is 5.16 Å². The number of Topliss-reactive ketones (excluding diaryl/α,β-unsaturated/α-hetero) is 1. The molecule has 0 radical (unpaired) electrons. The van der Waals surface area contributed by atoms with Gasteiger partial charge in [0.25, 0.3) is 0 Å². The zero-order chi connectivity index (χ0) is 21.1. The fourth-order valence-corrected chi connectivity index (χ4v) is 4.18. The van der Waals surface area contributed by atoms with Crippen molar-refractivity contribution in [1.82, 2.24) is 0 Å². The highest BCUT2D eigenvalue weighted by Crippen LogP contribution is 2.46. The van der Waals surface area contributed by atoms with E-state index in [4.69, 9.17) is 21.2 Å². The van der Waals surface area contributed by atoms with Gasteiger partial charge in [-0.25, -0.2) is 0 Å². The highest BCUT2D eigenvalue weighted by atomic mass is 35.5. The third-order valence-electron chi connectivity index (χ3n) is 5.10. The van der Waals surface area contributed by atoms with Crippen LogP contribution >= 0.6 is 11.6 Å². The SMILES string of the molecule is CON=C(C)CC1CC(=O)C(c2c(C)cc(-c3ccccc3)c(Cl)c2OC)=C1O. The van der Waals surface area contributed by atoms with Crippen molar-refractivity contribution < 1.29 is 19.5 Å². The molecule has 0 saturated heterocycles. The number of allylic oxidation sites excluding steroid dienone is 2. The Morgan fingerprint density at radius 2 is 1.97 bits per heavy atom. The fourth-order valence-electron chi connectivity index (χ4n) is 3.85. The summed E-state index contributed by atoms with van der Waals surface area (Å²) < 4.78 is 5.61. The number of halogens is 1. The average Bonchev–Trinajstić information content (AvgIpc) is 2.97. The monoisotopic (exact) mass is 413 g/mol. The molecule has 0 fully saturated rings. The van der Waals surface area contributed by atoms with E-state index in [0.29, 0.717) is 28.5 Å². The van der Waals surface area contributed by atoms with Gasteiger partial charge in [0.15, 0.2) is 5.78 Å². The van der Waals surface area contributed by atoms with Gasteiger partial charge in [0.05, 0.1) is 23.4 Å². The maximum atomic E-state index is 12.8. The van der Waals surface area contributed by atoms with Crippen LogP contribution in [0.25, 0.3) is 16.7 Å². The first-order valence-corrected chi connectivity index (χ1v) is 9.72. The number of rotatable bonds is 6. The number of hydrogen-bond donors (Lipinski definition) is 1. The summed E-state index contributed by atoms with van der Waals surface area (Å²) in [5.41, 5.74) is 4.10. The molecule has 0 amide bonds. The molecule has 29 heavy (non-hydrogen) atoms. The van der Waals surface area contributed by atoms with Crippen LogP contribution in [0.5, 0.6) is 5.75 Å². The van der Waals surface area contributed by atoms with Crippen molar-refractivity contribution in [3.05, 3.63) is 58.3 Å². The Labute approximate surface area is 175 Å². The first-order valence-electron chi connectivity index (χ1n) is 9.34. The molecule has 0 aromatic heterocycles. The minimum atomic E-state index is -0.340. The molecule has 0 heterocycles. The van der Waals surface area contributed by atoms with Crippen LogP contribution in [0.4, 0.5) is 0 Å². The molecule has 6 heteroatoms. The first kappa shape index (κ1) is 20.9. The minimum absolute atomic E-state index is 0.0468. The number of aryl methyl sites for hydroxylation is 1. The zero-order valence-corrected chi connectivity index (χ0v) is 17.7. The number of aliphatic hydroxyl groups excluding tert-OH is 1. The molecular formula is C23H24ClNO4. The summed E-state index contributed by atoms with van der Waals surface area (Å²) in [7, 11) is 2.98. The van der Waals surface area contributed by atoms with Crippen LogP contribution in [-0.4, -0.2) is 30.8 Å². The van der Waals surface area contributed by atoms with Crippen LogP contribution in [0.3, 0.4) is 0 Å². The molecular weight excluding hydrogens is 390 g/mol. The summed E-state index contributed by atoms with van der Waals surface area (Å²) in [5.74, 6) is -0.0374. The molecule has 1 aliphatic rings. The summed E-state index contributed by atoms with van der Waals surface area (Å²) in [6.07, 6.45) is 0.643. The van der Waals surface area contributed by atoms with Crippen LogP contribution in [0, 0.1) is 12.8 Å². The molecule has 2 aromatic carbocycles. The maximum absolute atomic E-state index is 12.8. The van der Waals surface area contributed by atoms with Gasteiger partial charge in [0, 0.05) is 23.5 Å². The van der Waals surface area contributed by atoms with Gasteiger partial charge in [0.1, 0.15) is 18.6 Å². The lowest BCUT2D eigenvalue weighted by Crippen LogP contribution is -2.06. The second-order valence-corrected chi connectivity index (χ2v) is 7.50. The number of carbonyl (C=O) groups excluding carboxylic acids is 1. The van der Waals surface area contributed by atoms with Gasteiger partial charge >= 0.3 is 0 Å². The highest BCUT2D eigenvalue weighted by Gasteiger charge is 2.36. The quantitative estimate of drug-likeness (QED) is 0.494. The van der Waals surface area contributed by atoms with E-state index >= 15 is 0 Å². The number of ketones is 1. The minimum Gasteiger partial charge on any atom is -0.511 e. The number of methoxy groups -OCH3 is 1. The number of benzene rings is 2. The van der Waals surface area contributed by atoms with Gasteiger partial charge in [-0.05, 0) is 37.5 Å². The molecule has 3 rings (SSSR count). The predicted molar refractivity (Wildman–Crippen MR) is 116 cm³/mol. The van der Waals surface area contributed by atoms with Crippen molar-refractivity contribution in [2.24, 2.45) is 11.1 Å². The molecule has 1 atom stereocenters. The van der Waals surface area contributed by atoms with E-state index in [-0.39, 0.29) is 29.5 Å². The lowest BCUT2D eigenvalue weighted by molar-refractivity contribution is -0.113. The second-order valence-electron chi connectivity index (χ2n) is 7.13. The fraction of sp³-hybridized carbons (Fsp3) is 0.304. The summed E-state index contributed by atoms with van der Waals surface area (Å²) >= 11 is 6.68. The molecule has 0 bridgehead atoms. The summed E-state index contributed by atoms with van der Waals surface area (Å²) in [6.45, 7) is 3.69. The van der Waals surface area contributed by atoms with Crippen molar-refractivity contribution in [3.8, 4) is 16.9 Å². The maximum Gasteiger partial charge on any atom is 0.167 e. The predicted octanol–water partition coefficient (Wildman–Crippen LogP) is 5.59. The molecule has 1 unspecified atom stereocenters. The van der Waals surface area contributed by atoms with Gasteiger partial charge in [-0.15, -0.1) is 0 Å². The molecule has 2 aromatic rings. The van der Waals surface area contributed by atoms with E-state index in [9.17, 15) is 9.90 Å². The Hall–Kier alpha value is -2.79. The Morgan fingerprint density at radius 3 is 2.59 bits per heavy atom. The van der Waals surface area contributed by atoms with Gasteiger partial charge in [-0.1, -0.05) is 47.1 Å². The Bertz CT molecular complexity index is 996. The van der Waals surface area contributed by atoms with E-state index in [1.807, 2.05) is 43.3 Å².